The van der Waals surface area contributed by atoms with Crippen LogP contribution in [0, 0.1) is 0 Å². The lowest BCUT2D eigenvalue weighted by Gasteiger charge is -2.20. The maximum atomic E-state index is 13.9. The van der Waals surface area contributed by atoms with Crippen LogP contribution in [0.5, 0.6) is 0 Å². The topological polar surface area (TPSA) is 17.1 Å². The van der Waals surface area contributed by atoms with Gasteiger partial charge in [-0.1, -0.05) is 86.5 Å². The number of rotatable bonds is 7. The Hall–Kier alpha value is -1.59. The largest absolute Gasteiger partial charge is 0.309 e. The lowest BCUT2D eigenvalue weighted by atomic mass is 10.2. The fourth-order valence-electron chi connectivity index (χ4n) is 2.67. The SMILES string of the molecule is CCCCC/C=C(/C)P(=O)(c1ccccc1)c1ccccc1. The zero-order valence-corrected chi connectivity index (χ0v) is 14.4. The van der Waals surface area contributed by atoms with E-state index in [0.29, 0.717) is 0 Å². The lowest BCUT2D eigenvalue weighted by molar-refractivity contribution is 0.590. The highest BCUT2D eigenvalue weighted by Gasteiger charge is 2.28. The Labute approximate surface area is 134 Å². The van der Waals surface area contributed by atoms with Crippen molar-refractivity contribution in [2.45, 2.75) is 39.5 Å². The maximum absolute atomic E-state index is 13.9. The van der Waals surface area contributed by atoms with Crippen LogP contribution in [0.25, 0.3) is 0 Å². The Bertz CT molecular complexity index is 600. The summed E-state index contributed by atoms with van der Waals surface area (Å²) in [6.07, 6.45) is 6.78. The summed E-state index contributed by atoms with van der Waals surface area (Å²) in [5, 5.41) is 2.84. The van der Waals surface area contributed by atoms with Crippen LogP contribution in [0.2, 0.25) is 0 Å². The summed E-state index contributed by atoms with van der Waals surface area (Å²) in [5.41, 5.74) is 0. The van der Waals surface area contributed by atoms with E-state index >= 15 is 0 Å². The van der Waals surface area contributed by atoms with E-state index in [2.05, 4.69) is 13.0 Å². The molecule has 2 aromatic rings. The second kappa shape index (κ2) is 8.15. The first kappa shape index (κ1) is 16.8. The third kappa shape index (κ3) is 3.78. The van der Waals surface area contributed by atoms with E-state index in [9.17, 15) is 4.57 Å². The fourth-order valence-corrected chi connectivity index (χ4v) is 5.35. The molecular formula is C20H25OP. The Balaban J connectivity index is 2.41. The molecular weight excluding hydrogens is 287 g/mol. The quantitative estimate of drug-likeness (QED) is 0.488. The van der Waals surface area contributed by atoms with Crippen molar-refractivity contribution in [3.63, 3.8) is 0 Å². The van der Waals surface area contributed by atoms with Gasteiger partial charge in [-0.2, -0.15) is 0 Å². The first-order chi connectivity index (χ1) is 10.7. The van der Waals surface area contributed by atoms with E-state index < -0.39 is 7.14 Å². The Morgan fingerprint density at radius 3 is 1.86 bits per heavy atom. The Morgan fingerprint density at radius 1 is 0.909 bits per heavy atom. The molecule has 0 saturated heterocycles. The van der Waals surface area contributed by atoms with Gasteiger partial charge in [-0.3, -0.25) is 0 Å². The van der Waals surface area contributed by atoms with Crippen molar-refractivity contribution in [3.05, 3.63) is 72.1 Å². The molecule has 2 rings (SSSR count). The molecule has 0 N–H and O–H groups in total. The van der Waals surface area contributed by atoms with Gasteiger partial charge < -0.3 is 4.57 Å². The summed E-state index contributed by atoms with van der Waals surface area (Å²) in [7, 11) is -2.70. The first-order valence-corrected chi connectivity index (χ1v) is 9.79. The molecule has 0 aromatic heterocycles. The van der Waals surface area contributed by atoms with E-state index in [1.54, 1.807) is 0 Å². The molecule has 1 nitrogen and oxygen atoms in total. The van der Waals surface area contributed by atoms with Crippen molar-refractivity contribution in [3.8, 4) is 0 Å². The minimum atomic E-state index is -2.70. The molecule has 0 bridgehead atoms. The van der Waals surface area contributed by atoms with Gasteiger partial charge in [0.15, 0.2) is 7.14 Å². The molecule has 0 radical (unpaired) electrons. The molecule has 2 heteroatoms. The molecule has 0 saturated carbocycles. The molecule has 116 valence electrons. The van der Waals surface area contributed by atoms with Crippen LogP contribution >= 0.6 is 7.14 Å². The van der Waals surface area contributed by atoms with Crippen molar-refractivity contribution < 1.29 is 4.57 Å². The molecule has 0 aliphatic carbocycles. The van der Waals surface area contributed by atoms with Crippen LogP contribution in [0.15, 0.2) is 72.1 Å². The summed E-state index contributed by atoms with van der Waals surface area (Å²) >= 11 is 0. The highest BCUT2D eigenvalue weighted by Crippen LogP contribution is 2.51. The molecule has 0 spiro atoms. The molecule has 2 aromatic carbocycles. The highest BCUT2D eigenvalue weighted by atomic mass is 31.2. The van der Waals surface area contributed by atoms with Crippen LogP contribution in [-0.4, -0.2) is 0 Å². The fraction of sp³-hybridized carbons (Fsp3) is 0.300. The molecule has 0 atom stereocenters. The maximum Gasteiger partial charge on any atom is 0.166 e. The smallest absolute Gasteiger partial charge is 0.166 e. The summed E-state index contributed by atoms with van der Waals surface area (Å²) in [6, 6.07) is 19.7. The first-order valence-electron chi connectivity index (χ1n) is 8.08. The van der Waals surface area contributed by atoms with Crippen molar-refractivity contribution in [2.75, 3.05) is 0 Å². The summed E-state index contributed by atoms with van der Waals surface area (Å²) < 4.78 is 13.9. The van der Waals surface area contributed by atoms with Gasteiger partial charge in [0, 0.05) is 10.6 Å². The van der Waals surface area contributed by atoms with Crippen LogP contribution in [0.4, 0.5) is 0 Å². The Morgan fingerprint density at radius 2 is 1.41 bits per heavy atom. The molecule has 0 aliphatic rings. The van der Waals surface area contributed by atoms with Crippen LogP contribution < -0.4 is 10.6 Å². The number of benzene rings is 2. The minimum Gasteiger partial charge on any atom is -0.309 e. The number of allylic oxidation sites excluding steroid dienone is 2. The van der Waals surface area contributed by atoms with E-state index in [1.807, 2.05) is 67.6 Å². The molecule has 22 heavy (non-hydrogen) atoms. The van der Waals surface area contributed by atoms with Gasteiger partial charge in [0.1, 0.15) is 0 Å². The van der Waals surface area contributed by atoms with Gasteiger partial charge in [-0.25, -0.2) is 0 Å². The molecule has 0 fully saturated rings. The zero-order chi connectivity index (χ0) is 15.8. The minimum absolute atomic E-state index is 0.922. The van der Waals surface area contributed by atoms with Crippen molar-refractivity contribution >= 4 is 17.8 Å². The predicted octanol–water partition coefficient (Wildman–Crippen LogP) is 5.48. The van der Waals surface area contributed by atoms with Gasteiger partial charge in [0.2, 0.25) is 0 Å². The van der Waals surface area contributed by atoms with E-state index in [0.717, 1.165) is 28.8 Å². The van der Waals surface area contributed by atoms with Gasteiger partial charge in [-0.05, 0) is 25.1 Å². The van der Waals surface area contributed by atoms with Crippen molar-refractivity contribution in [1.29, 1.82) is 0 Å². The van der Waals surface area contributed by atoms with Crippen LogP contribution in [-0.2, 0) is 4.57 Å². The van der Waals surface area contributed by atoms with Gasteiger partial charge in [-0.15, -0.1) is 0 Å². The standard InChI is InChI=1S/C20H25OP/c1-3-4-5-8-13-18(2)22(21,19-14-9-6-10-15-19)20-16-11-7-12-17-20/h6-7,9-17H,3-5,8H2,1-2H3/b18-13-. The summed E-state index contributed by atoms with van der Waals surface area (Å²) in [4.78, 5) is 0. The number of unbranched alkanes of at least 4 members (excludes halogenated alkanes) is 3. The third-order valence-corrected chi connectivity index (χ3v) is 7.21. The van der Waals surface area contributed by atoms with Crippen LogP contribution in [0.1, 0.15) is 39.5 Å². The number of hydrogen-bond acceptors (Lipinski definition) is 1. The summed E-state index contributed by atoms with van der Waals surface area (Å²) in [6.45, 7) is 4.22. The van der Waals surface area contributed by atoms with E-state index in [4.69, 9.17) is 0 Å². The molecule has 0 aliphatic heterocycles. The van der Waals surface area contributed by atoms with Gasteiger partial charge >= 0.3 is 0 Å². The number of hydrogen-bond donors (Lipinski definition) is 0. The monoisotopic (exact) mass is 312 g/mol. The molecule has 0 unspecified atom stereocenters. The summed E-state index contributed by atoms with van der Waals surface area (Å²) in [5.74, 6) is 0. The van der Waals surface area contributed by atoms with Crippen LogP contribution in [0.3, 0.4) is 0 Å². The van der Waals surface area contributed by atoms with Crippen molar-refractivity contribution in [2.24, 2.45) is 0 Å². The second-order valence-electron chi connectivity index (χ2n) is 5.62. The zero-order valence-electron chi connectivity index (χ0n) is 13.5. The highest BCUT2D eigenvalue weighted by molar-refractivity contribution is 7.82. The Kier molecular flexibility index (Phi) is 6.21. The van der Waals surface area contributed by atoms with E-state index in [-0.39, 0.29) is 0 Å². The average Bonchev–Trinajstić information content (AvgIpc) is 2.59. The average molecular weight is 312 g/mol. The predicted molar refractivity (Wildman–Crippen MR) is 97.7 cm³/mol. The normalized spacial score (nSPS) is 12.4. The second-order valence-corrected chi connectivity index (χ2v) is 8.58. The lowest BCUT2D eigenvalue weighted by Crippen LogP contribution is -2.16. The van der Waals surface area contributed by atoms with E-state index in [1.165, 1.54) is 12.8 Å². The van der Waals surface area contributed by atoms with Crippen molar-refractivity contribution in [1.82, 2.24) is 0 Å². The van der Waals surface area contributed by atoms with Gasteiger partial charge in [0.05, 0.1) is 0 Å². The third-order valence-electron chi connectivity index (χ3n) is 3.98. The van der Waals surface area contributed by atoms with Gasteiger partial charge in [0.25, 0.3) is 0 Å². The molecule has 0 heterocycles. The molecule has 0 amide bonds.